The van der Waals surface area contributed by atoms with Crippen LogP contribution in [0.5, 0.6) is 0 Å². The van der Waals surface area contributed by atoms with Crippen LogP contribution < -0.4 is 0 Å². The quantitative estimate of drug-likeness (QED) is 0.698. The second kappa shape index (κ2) is 9.08. The molecule has 1 unspecified atom stereocenters. The van der Waals surface area contributed by atoms with Crippen LogP contribution in [0.3, 0.4) is 0 Å². The highest BCUT2D eigenvalue weighted by atomic mass is 16.5. The third-order valence-electron chi connectivity index (χ3n) is 3.08. The lowest BCUT2D eigenvalue weighted by atomic mass is 10.0. The summed E-state index contributed by atoms with van der Waals surface area (Å²) in [7, 11) is 0. The van der Waals surface area contributed by atoms with E-state index in [4.69, 9.17) is 9.47 Å². The number of ether oxygens (including phenoxy) is 2. The molecule has 0 amide bonds. The van der Waals surface area contributed by atoms with Gasteiger partial charge in [0.05, 0.1) is 19.8 Å². The molecule has 3 nitrogen and oxygen atoms in total. The first-order valence-corrected chi connectivity index (χ1v) is 7.05. The van der Waals surface area contributed by atoms with Crippen LogP contribution in [0.15, 0.2) is 18.2 Å². The molecule has 0 heterocycles. The minimum Gasteiger partial charge on any atom is -0.386 e. The van der Waals surface area contributed by atoms with E-state index >= 15 is 0 Å². The van der Waals surface area contributed by atoms with E-state index in [9.17, 15) is 5.11 Å². The predicted molar refractivity (Wildman–Crippen MR) is 77.4 cm³/mol. The molecule has 0 bridgehead atoms. The van der Waals surface area contributed by atoms with Gasteiger partial charge in [0.1, 0.15) is 6.10 Å². The maximum absolute atomic E-state index is 10.1. The minimum absolute atomic E-state index is 0.321. The summed E-state index contributed by atoms with van der Waals surface area (Å²) in [5, 5.41) is 10.1. The van der Waals surface area contributed by atoms with Crippen LogP contribution in [0.1, 0.15) is 42.6 Å². The molecule has 3 heteroatoms. The maximum atomic E-state index is 10.1. The standard InChI is InChI=1S/C16H26O3/c1-4-5-8-18-9-10-19-12-16(17)15-11-13(2)6-7-14(15)3/h6-7,11,16-17H,4-5,8-10,12H2,1-3H3. The van der Waals surface area contributed by atoms with Crippen LogP contribution in [-0.2, 0) is 9.47 Å². The van der Waals surface area contributed by atoms with Crippen molar-refractivity contribution in [3.63, 3.8) is 0 Å². The zero-order valence-corrected chi connectivity index (χ0v) is 12.3. The Bertz CT molecular complexity index is 363. The lowest BCUT2D eigenvalue weighted by Gasteiger charge is -2.15. The van der Waals surface area contributed by atoms with Gasteiger partial charge in [0.15, 0.2) is 0 Å². The Kier molecular flexibility index (Phi) is 7.72. The molecule has 0 saturated heterocycles. The van der Waals surface area contributed by atoms with Gasteiger partial charge in [-0.15, -0.1) is 0 Å². The fraction of sp³-hybridized carbons (Fsp3) is 0.625. The maximum Gasteiger partial charge on any atom is 0.103 e. The van der Waals surface area contributed by atoms with Crippen molar-refractivity contribution in [2.45, 2.75) is 39.7 Å². The Balaban J connectivity index is 2.23. The molecule has 0 aliphatic carbocycles. The predicted octanol–water partition coefficient (Wildman–Crippen LogP) is 3.17. The normalized spacial score (nSPS) is 12.6. The van der Waals surface area contributed by atoms with Crippen molar-refractivity contribution in [1.82, 2.24) is 0 Å². The molecule has 1 rings (SSSR count). The summed E-state index contributed by atoms with van der Waals surface area (Å²) in [6.45, 7) is 8.41. The van der Waals surface area contributed by atoms with Crippen LogP contribution in [0.4, 0.5) is 0 Å². The number of aliphatic hydroxyl groups excluding tert-OH is 1. The molecular formula is C16H26O3. The minimum atomic E-state index is -0.560. The summed E-state index contributed by atoms with van der Waals surface area (Å²) in [5.41, 5.74) is 3.20. The Morgan fingerprint density at radius 2 is 1.84 bits per heavy atom. The van der Waals surface area contributed by atoms with Gasteiger partial charge in [-0.2, -0.15) is 0 Å². The first-order chi connectivity index (χ1) is 9.15. The Morgan fingerprint density at radius 3 is 2.58 bits per heavy atom. The van der Waals surface area contributed by atoms with Crippen LogP contribution in [0.25, 0.3) is 0 Å². The number of hydrogen-bond acceptors (Lipinski definition) is 3. The van der Waals surface area contributed by atoms with E-state index in [2.05, 4.69) is 6.92 Å². The number of benzene rings is 1. The second-order valence-electron chi connectivity index (χ2n) is 4.92. The van der Waals surface area contributed by atoms with Gasteiger partial charge < -0.3 is 14.6 Å². The summed E-state index contributed by atoms with van der Waals surface area (Å²) < 4.78 is 10.8. The molecule has 1 aromatic carbocycles. The topological polar surface area (TPSA) is 38.7 Å². The summed E-state index contributed by atoms with van der Waals surface area (Å²) >= 11 is 0. The first kappa shape index (κ1) is 16.2. The van der Waals surface area contributed by atoms with Crippen molar-refractivity contribution < 1.29 is 14.6 Å². The molecule has 0 saturated carbocycles. The molecule has 19 heavy (non-hydrogen) atoms. The summed E-state index contributed by atoms with van der Waals surface area (Å²) in [4.78, 5) is 0. The van der Waals surface area contributed by atoms with E-state index in [-0.39, 0.29) is 0 Å². The van der Waals surface area contributed by atoms with Gasteiger partial charge in [0.2, 0.25) is 0 Å². The van der Waals surface area contributed by atoms with Crippen LogP contribution in [0.2, 0.25) is 0 Å². The van der Waals surface area contributed by atoms with E-state index in [0.717, 1.165) is 36.1 Å². The van der Waals surface area contributed by atoms with Gasteiger partial charge in [0, 0.05) is 6.61 Å². The van der Waals surface area contributed by atoms with Gasteiger partial charge in [-0.3, -0.25) is 0 Å². The number of unbranched alkanes of at least 4 members (excludes halogenated alkanes) is 1. The van der Waals surface area contributed by atoms with Gasteiger partial charge in [-0.1, -0.05) is 37.1 Å². The molecule has 1 atom stereocenters. The third kappa shape index (κ3) is 6.19. The van der Waals surface area contributed by atoms with Gasteiger partial charge in [-0.25, -0.2) is 0 Å². The van der Waals surface area contributed by atoms with Gasteiger partial charge >= 0.3 is 0 Å². The molecule has 1 aromatic rings. The lowest BCUT2D eigenvalue weighted by molar-refractivity contribution is 0.00256. The van der Waals surface area contributed by atoms with E-state index in [1.807, 2.05) is 32.0 Å². The second-order valence-corrected chi connectivity index (χ2v) is 4.92. The van der Waals surface area contributed by atoms with Crippen molar-refractivity contribution in [3.05, 3.63) is 34.9 Å². The smallest absolute Gasteiger partial charge is 0.103 e. The highest BCUT2D eigenvalue weighted by Gasteiger charge is 2.10. The van der Waals surface area contributed by atoms with Gasteiger partial charge in [-0.05, 0) is 31.4 Å². The summed E-state index contributed by atoms with van der Waals surface area (Å²) in [5.74, 6) is 0. The van der Waals surface area contributed by atoms with Crippen LogP contribution in [-0.4, -0.2) is 31.5 Å². The Labute approximate surface area is 116 Å². The van der Waals surface area contributed by atoms with Crippen molar-refractivity contribution >= 4 is 0 Å². The molecule has 1 N–H and O–H groups in total. The lowest BCUT2D eigenvalue weighted by Crippen LogP contribution is -2.12. The number of aliphatic hydroxyl groups is 1. The highest BCUT2D eigenvalue weighted by Crippen LogP contribution is 2.19. The monoisotopic (exact) mass is 266 g/mol. The highest BCUT2D eigenvalue weighted by molar-refractivity contribution is 5.32. The molecule has 0 aliphatic heterocycles. The zero-order chi connectivity index (χ0) is 14.1. The molecule has 0 aromatic heterocycles. The average Bonchev–Trinajstić information content (AvgIpc) is 2.40. The fourth-order valence-corrected chi connectivity index (χ4v) is 1.87. The SMILES string of the molecule is CCCCOCCOCC(O)c1cc(C)ccc1C. The number of rotatable bonds is 9. The first-order valence-electron chi connectivity index (χ1n) is 7.05. The van der Waals surface area contributed by atoms with E-state index in [1.54, 1.807) is 0 Å². The van der Waals surface area contributed by atoms with Crippen molar-refractivity contribution in [2.75, 3.05) is 26.4 Å². The van der Waals surface area contributed by atoms with Gasteiger partial charge in [0.25, 0.3) is 0 Å². The Hall–Kier alpha value is -0.900. The van der Waals surface area contributed by atoms with Crippen molar-refractivity contribution in [1.29, 1.82) is 0 Å². The number of aryl methyl sites for hydroxylation is 2. The van der Waals surface area contributed by atoms with E-state index in [1.165, 1.54) is 0 Å². The van der Waals surface area contributed by atoms with Crippen molar-refractivity contribution in [3.8, 4) is 0 Å². The number of hydrogen-bond donors (Lipinski definition) is 1. The van der Waals surface area contributed by atoms with Crippen LogP contribution >= 0.6 is 0 Å². The van der Waals surface area contributed by atoms with E-state index in [0.29, 0.717) is 19.8 Å². The molecule has 0 aliphatic rings. The molecule has 0 spiro atoms. The average molecular weight is 266 g/mol. The van der Waals surface area contributed by atoms with Crippen molar-refractivity contribution in [2.24, 2.45) is 0 Å². The zero-order valence-electron chi connectivity index (χ0n) is 12.3. The molecule has 0 fully saturated rings. The van der Waals surface area contributed by atoms with E-state index < -0.39 is 6.10 Å². The summed E-state index contributed by atoms with van der Waals surface area (Å²) in [6.07, 6.45) is 1.67. The molecule has 0 radical (unpaired) electrons. The fourth-order valence-electron chi connectivity index (χ4n) is 1.87. The molecule has 108 valence electrons. The third-order valence-corrected chi connectivity index (χ3v) is 3.08. The Morgan fingerprint density at radius 1 is 1.11 bits per heavy atom. The largest absolute Gasteiger partial charge is 0.386 e. The molecular weight excluding hydrogens is 240 g/mol. The van der Waals surface area contributed by atoms with Crippen LogP contribution in [0, 0.1) is 13.8 Å². The summed E-state index contributed by atoms with van der Waals surface area (Å²) in [6, 6.07) is 6.09.